The number of likely N-dealkylation sites (N-methyl/N-ethyl adjacent to an activating group) is 1. The average molecular weight is 493 g/mol. The van der Waals surface area contributed by atoms with Crippen LogP contribution in [0.25, 0.3) is 0 Å². The minimum Gasteiger partial charge on any atom is -0.466 e. The molecule has 33 heavy (non-hydrogen) atoms. The molecule has 0 saturated carbocycles. The van der Waals surface area contributed by atoms with Crippen molar-refractivity contribution in [2.24, 2.45) is 0 Å². The van der Waals surface area contributed by atoms with E-state index in [0.29, 0.717) is 22.5 Å². The first-order valence-electron chi connectivity index (χ1n) is 11.1. The number of nitrogens with zero attached hydrogens (tertiary/aromatic N) is 5. The van der Waals surface area contributed by atoms with Gasteiger partial charge in [-0.05, 0) is 33.2 Å². The van der Waals surface area contributed by atoms with E-state index in [0.717, 1.165) is 56.7 Å². The van der Waals surface area contributed by atoms with E-state index in [2.05, 4.69) is 32.2 Å². The van der Waals surface area contributed by atoms with Crippen molar-refractivity contribution in [3.63, 3.8) is 0 Å². The molecule has 1 aliphatic carbocycles. The summed E-state index contributed by atoms with van der Waals surface area (Å²) in [6.07, 6.45) is 2.77. The third-order valence-corrected chi connectivity index (χ3v) is 7.44. The second-order valence-electron chi connectivity index (χ2n) is 8.01. The molecular formula is C21H28N6O4S2. The van der Waals surface area contributed by atoms with E-state index in [1.807, 2.05) is 0 Å². The zero-order valence-electron chi connectivity index (χ0n) is 18.8. The number of nitrogens with one attached hydrogen (secondary N) is 1. The van der Waals surface area contributed by atoms with Crippen LogP contribution in [0.4, 0.5) is 5.13 Å². The lowest BCUT2D eigenvalue weighted by Crippen LogP contribution is -2.54. The van der Waals surface area contributed by atoms with Crippen LogP contribution in [-0.2, 0) is 33.6 Å². The fourth-order valence-corrected chi connectivity index (χ4v) is 5.61. The van der Waals surface area contributed by atoms with Crippen molar-refractivity contribution in [1.29, 1.82) is 0 Å². The van der Waals surface area contributed by atoms with Gasteiger partial charge in [0.15, 0.2) is 5.13 Å². The second-order valence-corrected chi connectivity index (χ2v) is 9.83. The lowest BCUT2D eigenvalue weighted by atomic mass is 10.3. The Hall–Kier alpha value is -2.44. The number of thioether (sulfide) groups is 1. The lowest BCUT2D eigenvalue weighted by molar-refractivity contribution is -0.142. The summed E-state index contributed by atoms with van der Waals surface area (Å²) in [5, 5.41) is 7.66. The van der Waals surface area contributed by atoms with Crippen LogP contribution < -0.4 is 16.0 Å². The molecule has 4 rings (SSSR count). The average Bonchev–Trinajstić information content (AvgIpc) is 3.43. The van der Waals surface area contributed by atoms with Gasteiger partial charge in [-0.15, -0.1) is 11.3 Å². The molecule has 2 aliphatic rings. The predicted molar refractivity (Wildman–Crippen MR) is 128 cm³/mol. The third kappa shape index (κ3) is 5.74. The molecule has 0 bridgehead atoms. The number of hydrogen-bond donors (Lipinski definition) is 1. The molecule has 3 heterocycles. The quantitative estimate of drug-likeness (QED) is 0.327. The smallest absolute Gasteiger partial charge is 0.367 e. The maximum absolute atomic E-state index is 12.9. The maximum atomic E-state index is 12.9. The Morgan fingerprint density at radius 2 is 2.00 bits per heavy atom. The van der Waals surface area contributed by atoms with Crippen LogP contribution in [0, 0.1) is 0 Å². The Balaban J connectivity index is 1.39. The number of rotatable bonds is 8. The fourth-order valence-electron chi connectivity index (χ4n) is 4.01. The Kier molecular flexibility index (Phi) is 7.66. The normalized spacial score (nSPS) is 16.0. The molecule has 1 saturated heterocycles. The van der Waals surface area contributed by atoms with E-state index in [9.17, 15) is 14.4 Å². The highest BCUT2D eigenvalue weighted by molar-refractivity contribution is 8.00. The molecule has 2 aromatic heterocycles. The van der Waals surface area contributed by atoms with Gasteiger partial charge in [0.05, 0.1) is 30.2 Å². The zero-order valence-corrected chi connectivity index (χ0v) is 20.5. The second kappa shape index (κ2) is 10.7. The van der Waals surface area contributed by atoms with E-state index in [1.54, 1.807) is 17.0 Å². The summed E-state index contributed by atoms with van der Waals surface area (Å²) in [7, 11) is 2.08. The number of aromatic nitrogens is 3. The number of esters is 1. The number of anilines is 1. The largest absolute Gasteiger partial charge is 0.466 e. The first-order chi connectivity index (χ1) is 15.9. The molecule has 1 amide bonds. The minimum atomic E-state index is -0.345. The molecule has 12 heteroatoms. The molecule has 178 valence electrons. The molecule has 0 aromatic carbocycles. The number of carbonyl (C=O) groups excluding carboxylic acids is 2. The number of ether oxygens (including phenoxy) is 1. The Morgan fingerprint density at radius 1 is 1.21 bits per heavy atom. The highest BCUT2D eigenvalue weighted by Gasteiger charge is 2.26. The van der Waals surface area contributed by atoms with Crippen molar-refractivity contribution >= 4 is 40.1 Å². The van der Waals surface area contributed by atoms with E-state index in [-0.39, 0.29) is 29.7 Å². The molecule has 1 fully saturated rings. The number of amides is 1. The fraction of sp³-hybridized carbons (Fsp3) is 0.571. The number of piperazine rings is 1. The standard InChI is InChI=1S/C21H28N6O4S2/c1-3-31-18(29)11-14-12-33-20(22-14)23-17(28)13-32-19-15-5-4-6-16(15)27(21(30)24-19)26-9-7-25(2)8-10-26/h12H,3-11,13H2,1-2H3,(H,22,23,28). The lowest BCUT2D eigenvalue weighted by Gasteiger charge is -2.35. The van der Waals surface area contributed by atoms with Crippen molar-refractivity contribution in [1.82, 2.24) is 19.5 Å². The van der Waals surface area contributed by atoms with Crippen molar-refractivity contribution in [2.45, 2.75) is 37.6 Å². The molecular weight excluding hydrogens is 464 g/mol. The highest BCUT2D eigenvalue weighted by atomic mass is 32.2. The summed E-state index contributed by atoms with van der Waals surface area (Å²) in [6.45, 7) is 5.49. The molecule has 0 atom stereocenters. The van der Waals surface area contributed by atoms with Gasteiger partial charge in [0.1, 0.15) is 5.03 Å². The predicted octanol–water partition coefficient (Wildman–Crippen LogP) is 0.908. The molecule has 10 nitrogen and oxygen atoms in total. The SMILES string of the molecule is CCOC(=O)Cc1csc(NC(=O)CSc2nc(=O)n(N3CCN(C)CC3)c3c2CCC3)n1. The van der Waals surface area contributed by atoms with Gasteiger partial charge in [-0.1, -0.05) is 11.8 Å². The first kappa shape index (κ1) is 23.7. The number of hydrogen-bond acceptors (Lipinski definition) is 10. The summed E-state index contributed by atoms with van der Waals surface area (Å²) in [6, 6.07) is 0. The van der Waals surface area contributed by atoms with Crippen molar-refractivity contribution < 1.29 is 14.3 Å². The first-order valence-corrected chi connectivity index (χ1v) is 12.9. The van der Waals surface area contributed by atoms with Gasteiger partial charge in [-0.3, -0.25) is 9.59 Å². The molecule has 0 radical (unpaired) electrons. The third-order valence-electron chi connectivity index (χ3n) is 5.61. The summed E-state index contributed by atoms with van der Waals surface area (Å²) >= 11 is 2.55. The topological polar surface area (TPSA) is 110 Å². The van der Waals surface area contributed by atoms with Crippen LogP contribution in [0.3, 0.4) is 0 Å². The molecule has 2 aromatic rings. The summed E-state index contributed by atoms with van der Waals surface area (Å²) in [5.41, 5.74) is 2.41. The van der Waals surface area contributed by atoms with Crippen LogP contribution in [0.5, 0.6) is 0 Å². The van der Waals surface area contributed by atoms with Gasteiger partial charge in [0, 0.05) is 37.1 Å². The summed E-state index contributed by atoms with van der Waals surface area (Å²) in [5.74, 6) is -0.444. The van der Waals surface area contributed by atoms with Crippen molar-refractivity contribution in [3.8, 4) is 0 Å². The molecule has 0 unspecified atom stereocenters. The van der Waals surface area contributed by atoms with Gasteiger partial charge in [-0.25, -0.2) is 14.5 Å². The van der Waals surface area contributed by atoms with Crippen LogP contribution in [0.15, 0.2) is 15.2 Å². The Morgan fingerprint density at radius 3 is 2.76 bits per heavy atom. The Labute approximate surface area is 200 Å². The zero-order chi connectivity index (χ0) is 23.4. The van der Waals surface area contributed by atoms with E-state index in [4.69, 9.17) is 4.74 Å². The summed E-state index contributed by atoms with van der Waals surface area (Å²) < 4.78 is 6.68. The molecule has 1 aliphatic heterocycles. The molecule has 1 N–H and O–H groups in total. The van der Waals surface area contributed by atoms with Gasteiger partial charge >= 0.3 is 11.7 Å². The minimum absolute atomic E-state index is 0.0780. The van der Waals surface area contributed by atoms with Gasteiger partial charge in [0.25, 0.3) is 0 Å². The van der Waals surface area contributed by atoms with E-state index in [1.165, 1.54) is 23.1 Å². The number of thiazole rings is 1. The number of fused-ring (bicyclic) bond motifs is 1. The molecule has 0 spiro atoms. The van der Waals surface area contributed by atoms with Crippen molar-refractivity contribution in [2.75, 3.05) is 55.9 Å². The monoisotopic (exact) mass is 492 g/mol. The van der Waals surface area contributed by atoms with Crippen LogP contribution in [0.2, 0.25) is 0 Å². The van der Waals surface area contributed by atoms with Gasteiger partial charge < -0.3 is 20.0 Å². The van der Waals surface area contributed by atoms with Gasteiger partial charge in [-0.2, -0.15) is 4.98 Å². The van der Waals surface area contributed by atoms with Crippen LogP contribution in [-0.4, -0.2) is 77.0 Å². The van der Waals surface area contributed by atoms with Crippen LogP contribution in [0.1, 0.15) is 30.3 Å². The maximum Gasteiger partial charge on any atom is 0.367 e. The van der Waals surface area contributed by atoms with Crippen molar-refractivity contribution in [3.05, 3.63) is 32.8 Å². The Bertz CT molecular complexity index is 1080. The van der Waals surface area contributed by atoms with Crippen LogP contribution >= 0.6 is 23.1 Å². The summed E-state index contributed by atoms with van der Waals surface area (Å²) in [4.78, 5) is 47.8. The van der Waals surface area contributed by atoms with E-state index < -0.39 is 0 Å². The van der Waals surface area contributed by atoms with Gasteiger partial charge in [0.2, 0.25) is 5.91 Å². The highest BCUT2D eigenvalue weighted by Crippen LogP contribution is 2.29. The number of carbonyl (C=O) groups is 2. The van der Waals surface area contributed by atoms with E-state index >= 15 is 0 Å².